The molecule has 10 nitrogen and oxygen atoms in total. The Balaban J connectivity index is 2.46. The fourth-order valence-corrected chi connectivity index (χ4v) is 2.11. The van der Waals surface area contributed by atoms with Gasteiger partial charge in [-0.2, -0.15) is 0 Å². The third-order valence-corrected chi connectivity index (χ3v) is 3.19. The lowest BCUT2D eigenvalue weighted by atomic mass is 10.1. The average molecular weight is 346 g/mol. The molecule has 0 atom stereocenters. The van der Waals surface area contributed by atoms with E-state index in [1.807, 2.05) is 0 Å². The minimum Gasteiger partial charge on any atom is -0.462 e. The van der Waals surface area contributed by atoms with Gasteiger partial charge in [-0.15, -0.1) is 0 Å². The zero-order valence-electron chi connectivity index (χ0n) is 13.2. The number of anilines is 1. The Bertz CT molecular complexity index is 774. The largest absolute Gasteiger partial charge is 0.462 e. The van der Waals surface area contributed by atoms with Crippen molar-refractivity contribution in [3.05, 3.63) is 68.0 Å². The molecular formula is C15H14N4O6. The maximum absolute atomic E-state index is 11.8. The zero-order valence-corrected chi connectivity index (χ0v) is 13.2. The van der Waals surface area contributed by atoms with Gasteiger partial charge in [-0.3, -0.25) is 25.2 Å². The molecule has 0 unspecified atom stereocenters. The van der Waals surface area contributed by atoms with Gasteiger partial charge in [0, 0.05) is 31.1 Å². The molecule has 0 bridgehead atoms. The molecule has 10 heteroatoms. The highest BCUT2D eigenvalue weighted by atomic mass is 16.6. The van der Waals surface area contributed by atoms with Crippen molar-refractivity contribution in [2.24, 2.45) is 0 Å². The van der Waals surface area contributed by atoms with Crippen LogP contribution in [0.1, 0.15) is 22.8 Å². The van der Waals surface area contributed by atoms with Crippen molar-refractivity contribution < 1.29 is 19.4 Å². The van der Waals surface area contributed by atoms with Crippen molar-refractivity contribution in [3.63, 3.8) is 0 Å². The molecule has 2 aromatic rings. The van der Waals surface area contributed by atoms with Gasteiger partial charge in [-0.1, -0.05) is 6.07 Å². The van der Waals surface area contributed by atoms with Crippen LogP contribution >= 0.6 is 0 Å². The van der Waals surface area contributed by atoms with Gasteiger partial charge in [0.1, 0.15) is 0 Å². The second-order valence-electron chi connectivity index (χ2n) is 4.84. The zero-order chi connectivity index (χ0) is 18.4. The summed E-state index contributed by atoms with van der Waals surface area (Å²) in [5.41, 5.74) is -1.03. The summed E-state index contributed by atoms with van der Waals surface area (Å²) in [7, 11) is 0. The minimum atomic E-state index is -0.868. The van der Waals surface area contributed by atoms with E-state index >= 15 is 0 Å². The third-order valence-electron chi connectivity index (χ3n) is 3.19. The van der Waals surface area contributed by atoms with Crippen molar-refractivity contribution in [1.29, 1.82) is 0 Å². The number of esters is 1. The Kier molecular flexibility index (Phi) is 5.56. The van der Waals surface area contributed by atoms with E-state index in [0.717, 1.165) is 12.1 Å². The lowest BCUT2D eigenvalue weighted by molar-refractivity contribution is -0.392. The normalized spacial score (nSPS) is 10.1. The summed E-state index contributed by atoms with van der Waals surface area (Å²) in [6.07, 6.45) is 3.08. The highest BCUT2D eigenvalue weighted by Gasteiger charge is 2.28. The van der Waals surface area contributed by atoms with Gasteiger partial charge in [0.05, 0.1) is 22.0 Å². The van der Waals surface area contributed by atoms with Crippen LogP contribution < -0.4 is 5.32 Å². The van der Waals surface area contributed by atoms with Gasteiger partial charge < -0.3 is 10.1 Å². The first kappa shape index (κ1) is 17.8. The van der Waals surface area contributed by atoms with Gasteiger partial charge in [0.15, 0.2) is 5.69 Å². The van der Waals surface area contributed by atoms with E-state index < -0.39 is 27.2 Å². The number of nitro benzene ring substituents is 2. The average Bonchev–Trinajstić information content (AvgIpc) is 2.60. The van der Waals surface area contributed by atoms with Crippen LogP contribution in [0, 0.1) is 20.2 Å². The molecule has 0 aliphatic rings. The monoisotopic (exact) mass is 346 g/mol. The maximum atomic E-state index is 11.8. The van der Waals surface area contributed by atoms with Gasteiger partial charge in [0.2, 0.25) is 0 Å². The van der Waals surface area contributed by atoms with Crippen LogP contribution in [0.15, 0.2) is 36.7 Å². The number of ether oxygens (including phenoxy) is 1. The van der Waals surface area contributed by atoms with Crippen molar-refractivity contribution in [1.82, 2.24) is 4.98 Å². The lowest BCUT2D eigenvalue weighted by Gasteiger charge is -2.09. The maximum Gasteiger partial charge on any atom is 0.338 e. The van der Waals surface area contributed by atoms with Crippen molar-refractivity contribution in [3.8, 4) is 0 Å². The fourth-order valence-electron chi connectivity index (χ4n) is 2.11. The number of nitrogens with one attached hydrogen (secondary N) is 1. The van der Waals surface area contributed by atoms with E-state index in [9.17, 15) is 25.0 Å². The number of carbonyl (C=O) groups excluding carboxylic acids is 1. The highest BCUT2D eigenvalue weighted by molar-refractivity contribution is 5.93. The molecule has 0 fully saturated rings. The summed E-state index contributed by atoms with van der Waals surface area (Å²) in [4.78, 5) is 36.7. The number of benzene rings is 1. The smallest absolute Gasteiger partial charge is 0.338 e. The molecule has 0 aliphatic heterocycles. The predicted molar refractivity (Wildman–Crippen MR) is 87.3 cm³/mol. The van der Waals surface area contributed by atoms with Crippen molar-refractivity contribution >= 4 is 23.0 Å². The predicted octanol–water partition coefficient (Wildman–Crippen LogP) is 2.69. The number of aromatic nitrogens is 1. The van der Waals surface area contributed by atoms with Gasteiger partial charge in [-0.05, 0) is 18.6 Å². The van der Waals surface area contributed by atoms with Gasteiger partial charge in [-0.25, -0.2) is 4.79 Å². The number of hydrogen-bond acceptors (Lipinski definition) is 8. The first-order chi connectivity index (χ1) is 11.9. The van der Waals surface area contributed by atoms with E-state index in [0.29, 0.717) is 5.56 Å². The second-order valence-corrected chi connectivity index (χ2v) is 4.84. The Morgan fingerprint density at radius 1 is 1.24 bits per heavy atom. The lowest BCUT2D eigenvalue weighted by Crippen LogP contribution is -2.10. The Morgan fingerprint density at radius 3 is 2.36 bits per heavy atom. The molecule has 1 aromatic carbocycles. The molecule has 0 saturated carbocycles. The summed E-state index contributed by atoms with van der Waals surface area (Å²) in [6.45, 7) is 1.69. The Hall–Kier alpha value is -3.56. The van der Waals surface area contributed by atoms with Crippen LogP contribution in [0.5, 0.6) is 0 Å². The molecule has 25 heavy (non-hydrogen) atoms. The minimum absolute atomic E-state index is 0.0431. The summed E-state index contributed by atoms with van der Waals surface area (Å²) in [5.74, 6) is -0.868. The molecule has 0 amide bonds. The first-order valence-electron chi connectivity index (χ1n) is 7.20. The van der Waals surface area contributed by atoms with E-state index in [-0.39, 0.29) is 24.4 Å². The highest BCUT2D eigenvalue weighted by Crippen LogP contribution is 2.36. The topological polar surface area (TPSA) is 138 Å². The van der Waals surface area contributed by atoms with E-state index in [2.05, 4.69) is 10.3 Å². The number of nitro groups is 2. The number of rotatable bonds is 7. The first-order valence-corrected chi connectivity index (χ1v) is 7.20. The van der Waals surface area contributed by atoms with Crippen LogP contribution in [0.25, 0.3) is 0 Å². The summed E-state index contributed by atoms with van der Waals surface area (Å²) < 4.78 is 4.75. The number of hydrogen-bond donors (Lipinski definition) is 1. The van der Waals surface area contributed by atoms with Crippen LogP contribution in [0.3, 0.4) is 0 Å². The van der Waals surface area contributed by atoms with Crippen LogP contribution in [-0.2, 0) is 11.3 Å². The van der Waals surface area contributed by atoms with E-state index in [4.69, 9.17) is 4.74 Å². The standard InChI is InChI=1S/C15H14N4O6/c1-2-25-15(20)11-6-12(18(21)22)14(13(7-11)19(23)24)17-9-10-4-3-5-16-8-10/h3-8,17H,2,9H2,1H3. The molecule has 0 aliphatic carbocycles. The molecule has 0 radical (unpaired) electrons. The van der Waals surface area contributed by atoms with E-state index in [1.165, 1.54) is 6.20 Å². The van der Waals surface area contributed by atoms with E-state index in [1.54, 1.807) is 25.3 Å². The molecule has 1 N–H and O–H groups in total. The second kappa shape index (κ2) is 7.81. The summed E-state index contributed by atoms with van der Waals surface area (Å²) in [5, 5.41) is 25.3. The molecule has 130 valence electrons. The third kappa shape index (κ3) is 4.25. The molecular weight excluding hydrogens is 332 g/mol. The summed E-state index contributed by atoms with van der Waals surface area (Å²) >= 11 is 0. The Morgan fingerprint density at radius 2 is 1.88 bits per heavy atom. The van der Waals surface area contributed by atoms with Crippen LogP contribution in [0.2, 0.25) is 0 Å². The Labute approximate surface area is 141 Å². The van der Waals surface area contributed by atoms with Gasteiger partial charge in [0.25, 0.3) is 11.4 Å². The SMILES string of the molecule is CCOC(=O)c1cc([N+](=O)[O-])c(NCc2cccnc2)c([N+](=O)[O-])c1. The molecule has 0 spiro atoms. The molecule has 1 heterocycles. The molecule has 2 rings (SSSR count). The van der Waals surface area contributed by atoms with Crippen molar-refractivity contribution in [2.75, 3.05) is 11.9 Å². The van der Waals surface area contributed by atoms with Crippen LogP contribution in [0.4, 0.5) is 17.1 Å². The number of nitrogens with zero attached hydrogens (tertiary/aromatic N) is 3. The summed E-state index contributed by atoms with van der Waals surface area (Å²) in [6, 6.07) is 5.29. The fraction of sp³-hybridized carbons (Fsp3) is 0.200. The number of carbonyl (C=O) groups is 1. The van der Waals surface area contributed by atoms with Crippen molar-refractivity contribution in [2.45, 2.75) is 13.5 Å². The van der Waals surface area contributed by atoms with Gasteiger partial charge >= 0.3 is 5.97 Å². The van der Waals surface area contributed by atoms with Crippen LogP contribution in [-0.4, -0.2) is 27.4 Å². The molecule has 0 saturated heterocycles. The molecule has 1 aromatic heterocycles. The quantitative estimate of drug-likeness (QED) is 0.459. The number of pyridine rings is 1.